The maximum absolute atomic E-state index is 14.5. The third-order valence-corrected chi connectivity index (χ3v) is 10.4. The van der Waals surface area contributed by atoms with Crippen molar-refractivity contribution in [3.63, 3.8) is 0 Å². The van der Waals surface area contributed by atoms with Crippen molar-refractivity contribution in [2.75, 3.05) is 20.1 Å². The predicted molar refractivity (Wildman–Crippen MR) is 194 cm³/mol. The van der Waals surface area contributed by atoms with Gasteiger partial charge in [0.05, 0.1) is 11.6 Å². The lowest BCUT2D eigenvalue weighted by molar-refractivity contribution is -0.142. The largest absolute Gasteiger partial charge is 0.416 e. The van der Waals surface area contributed by atoms with Crippen molar-refractivity contribution in [1.82, 2.24) is 30.8 Å². The molecule has 1 aliphatic heterocycles. The number of aromatic nitrogens is 2. The van der Waals surface area contributed by atoms with Gasteiger partial charge < -0.3 is 37.3 Å². The maximum Gasteiger partial charge on any atom is 0.416 e. The molecule has 15 heteroatoms. The molecular weight excluding hydrogens is 694 g/mol. The standard InChI is InChI=1S/C37H45F3N8O3S/c1-48-31(19-24-21-44-28-12-3-2-10-25(24)28)34(50)46-22-26-27(37(38,39)40)11-6-15-32(26)52-35-23(9-8-18-43-35)20-45-29(14-7-17-42)33(49)47-30(36(48)51)13-4-5-16-41/h2-3,6,8-12,15,18,21,29-31,44-45H,4-5,7,13-14,16-17,19-20,22,41-42H2,1H3,(H,46,50)(H,47,49)/t29-,30-,31-/m0/s1. The fourth-order valence-electron chi connectivity index (χ4n) is 6.37. The summed E-state index contributed by atoms with van der Waals surface area (Å²) in [5.41, 5.74) is 12.8. The van der Waals surface area contributed by atoms with Crippen LogP contribution in [-0.2, 0) is 40.1 Å². The zero-order chi connectivity index (χ0) is 37.3. The van der Waals surface area contributed by atoms with E-state index in [0.29, 0.717) is 49.4 Å². The number of rotatable bonds is 9. The number of carbonyl (C=O) groups is 3. The lowest BCUT2D eigenvalue weighted by atomic mass is 10.0. The Balaban J connectivity index is 1.60. The van der Waals surface area contributed by atoms with Gasteiger partial charge in [-0.1, -0.05) is 42.1 Å². The first-order valence-electron chi connectivity index (χ1n) is 17.4. The van der Waals surface area contributed by atoms with Crippen molar-refractivity contribution in [2.24, 2.45) is 11.5 Å². The van der Waals surface area contributed by atoms with Gasteiger partial charge in [0.1, 0.15) is 17.1 Å². The van der Waals surface area contributed by atoms with Crippen LogP contribution in [0.3, 0.4) is 0 Å². The molecule has 52 heavy (non-hydrogen) atoms. The number of halogens is 3. The van der Waals surface area contributed by atoms with Crippen molar-refractivity contribution in [3.8, 4) is 0 Å². The molecule has 3 heterocycles. The van der Waals surface area contributed by atoms with Crippen molar-refractivity contribution >= 4 is 40.4 Å². The summed E-state index contributed by atoms with van der Waals surface area (Å²) in [6, 6.07) is 12.0. The van der Waals surface area contributed by atoms with Gasteiger partial charge in [0.25, 0.3) is 0 Å². The van der Waals surface area contributed by atoms with Gasteiger partial charge in [-0.25, -0.2) is 4.98 Å². The van der Waals surface area contributed by atoms with E-state index in [1.807, 2.05) is 24.3 Å². The van der Waals surface area contributed by atoms with E-state index in [0.717, 1.165) is 34.3 Å². The highest BCUT2D eigenvalue weighted by atomic mass is 32.2. The van der Waals surface area contributed by atoms with Crippen molar-refractivity contribution < 1.29 is 27.6 Å². The number of hydrogen-bond donors (Lipinski definition) is 6. The number of fused-ring (bicyclic) bond motifs is 3. The molecule has 0 unspecified atom stereocenters. The Morgan fingerprint density at radius 3 is 2.44 bits per heavy atom. The van der Waals surface area contributed by atoms with E-state index >= 15 is 0 Å². The summed E-state index contributed by atoms with van der Waals surface area (Å²) < 4.78 is 43.4. The second-order valence-corrected chi connectivity index (χ2v) is 13.8. The van der Waals surface area contributed by atoms with Crippen LogP contribution in [0, 0.1) is 0 Å². The SMILES string of the molecule is CN1C(=O)[C@H](CCCCN)NC(=O)[C@H](CCCN)NCc2cccnc2Sc2cccc(C(F)(F)F)c2CNC(=O)[C@@H]1Cc1c[nH]c2ccccc12. The highest BCUT2D eigenvalue weighted by Gasteiger charge is 2.37. The minimum absolute atomic E-state index is 0.0576. The Hall–Kier alpha value is -4.44. The average Bonchev–Trinajstić information content (AvgIpc) is 3.54. The van der Waals surface area contributed by atoms with E-state index < -0.39 is 54.1 Å². The molecule has 4 aromatic rings. The van der Waals surface area contributed by atoms with Gasteiger partial charge in [-0.15, -0.1) is 0 Å². The van der Waals surface area contributed by atoms with Gasteiger partial charge in [0.2, 0.25) is 17.7 Å². The molecule has 0 spiro atoms. The number of para-hydroxylation sites is 1. The monoisotopic (exact) mass is 738 g/mol. The molecule has 2 aromatic carbocycles. The second-order valence-electron chi connectivity index (χ2n) is 12.8. The number of amides is 3. The van der Waals surface area contributed by atoms with Gasteiger partial charge in [0, 0.05) is 54.8 Å². The molecule has 8 N–H and O–H groups in total. The van der Waals surface area contributed by atoms with Crippen LogP contribution < -0.4 is 27.4 Å². The molecule has 2 aromatic heterocycles. The minimum atomic E-state index is -4.71. The average molecular weight is 739 g/mol. The molecule has 0 aliphatic carbocycles. The summed E-state index contributed by atoms with van der Waals surface area (Å²) in [6.07, 6.45) is 0.952. The number of pyridine rings is 1. The Kier molecular flexibility index (Phi) is 13.3. The highest BCUT2D eigenvalue weighted by Crippen LogP contribution is 2.39. The maximum atomic E-state index is 14.5. The third kappa shape index (κ3) is 9.50. The lowest BCUT2D eigenvalue weighted by Gasteiger charge is -2.32. The second kappa shape index (κ2) is 17.9. The molecule has 0 fully saturated rings. The van der Waals surface area contributed by atoms with Gasteiger partial charge in [-0.2, -0.15) is 13.2 Å². The van der Waals surface area contributed by atoms with Crippen LogP contribution in [0.2, 0.25) is 0 Å². The number of nitrogens with zero attached hydrogens (tertiary/aromatic N) is 2. The van der Waals surface area contributed by atoms with Crippen LogP contribution in [0.25, 0.3) is 10.9 Å². The topological polar surface area (TPSA) is 171 Å². The number of carbonyl (C=O) groups excluding carboxylic acids is 3. The summed E-state index contributed by atoms with van der Waals surface area (Å²) in [5.74, 6) is -1.56. The minimum Gasteiger partial charge on any atom is -0.361 e. The van der Waals surface area contributed by atoms with E-state index in [2.05, 4.69) is 25.9 Å². The number of hydrogen-bond acceptors (Lipinski definition) is 8. The number of benzene rings is 2. The molecule has 3 amide bonds. The quantitative estimate of drug-likeness (QED) is 0.139. The van der Waals surface area contributed by atoms with E-state index in [4.69, 9.17) is 11.5 Å². The molecule has 0 bridgehead atoms. The van der Waals surface area contributed by atoms with Gasteiger partial charge >= 0.3 is 6.18 Å². The number of unbranched alkanes of at least 4 members (excludes halogenated alkanes) is 1. The molecule has 0 radical (unpaired) electrons. The fraction of sp³-hybridized carbons (Fsp3) is 0.405. The van der Waals surface area contributed by atoms with Crippen LogP contribution in [0.5, 0.6) is 0 Å². The van der Waals surface area contributed by atoms with Crippen LogP contribution in [0.4, 0.5) is 13.2 Å². The zero-order valence-corrected chi connectivity index (χ0v) is 29.8. The van der Waals surface area contributed by atoms with Gasteiger partial charge in [0.15, 0.2) is 0 Å². The first-order chi connectivity index (χ1) is 25.0. The summed E-state index contributed by atoms with van der Waals surface area (Å²) >= 11 is 1.05. The Morgan fingerprint density at radius 2 is 1.67 bits per heavy atom. The van der Waals surface area contributed by atoms with E-state index in [-0.39, 0.29) is 29.8 Å². The number of likely N-dealkylation sites (N-methyl/N-ethyl adjacent to an activating group) is 1. The molecular formula is C37H45F3N8O3S. The summed E-state index contributed by atoms with van der Waals surface area (Å²) in [6.45, 7) is 0.442. The number of nitrogens with one attached hydrogen (secondary N) is 4. The Morgan fingerprint density at radius 1 is 0.904 bits per heavy atom. The van der Waals surface area contributed by atoms with Crippen LogP contribution in [0.15, 0.2) is 76.9 Å². The fourth-order valence-corrected chi connectivity index (χ4v) is 7.42. The van der Waals surface area contributed by atoms with Crippen LogP contribution in [-0.4, -0.2) is 70.9 Å². The van der Waals surface area contributed by atoms with Crippen LogP contribution in [0.1, 0.15) is 54.4 Å². The first-order valence-corrected chi connectivity index (χ1v) is 18.2. The number of nitrogens with two attached hydrogens (primary N) is 2. The van der Waals surface area contributed by atoms with E-state index in [1.54, 1.807) is 30.6 Å². The zero-order valence-electron chi connectivity index (χ0n) is 29.0. The van der Waals surface area contributed by atoms with E-state index in [1.165, 1.54) is 18.0 Å². The molecule has 0 saturated heterocycles. The number of alkyl halides is 3. The lowest BCUT2D eigenvalue weighted by Crippen LogP contribution is -2.57. The van der Waals surface area contributed by atoms with Crippen molar-refractivity contribution in [2.45, 2.75) is 85.8 Å². The summed E-state index contributed by atoms with van der Waals surface area (Å²) in [4.78, 5) is 51.6. The smallest absolute Gasteiger partial charge is 0.361 e. The van der Waals surface area contributed by atoms with Gasteiger partial charge in [-0.3, -0.25) is 14.4 Å². The normalized spacial score (nSPS) is 19.5. The number of H-pyrrole nitrogens is 1. The molecule has 1 aliphatic rings. The molecule has 11 nitrogen and oxygen atoms in total. The first kappa shape index (κ1) is 38.8. The molecule has 5 rings (SSSR count). The Bertz CT molecular complexity index is 1850. The summed E-state index contributed by atoms with van der Waals surface area (Å²) in [5, 5.41) is 10.2. The number of aromatic amines is 1. The molecule has 0 saturated carbocycles. The van der Waals surface area contributed by atoms with Crippen LogP contribution >= 0.6 is 11.8 Å². The highest BCUT2D eigenvalue weighted by molar-refractivity contribution is 7.99. The third-order valence-electron chi connectivity index (χ3n) is 9.25. The van der Waals surface area contributed by atoms with Gasteiger partial charge in [-0.05, 0) is 86.1 Å². The summed E-state index contributed by atoms with van der Waals surface area (Å²) in [7, 11) is 1.48. The van der Waals surface area contributed by atoms with Crippen molar-refractivity contribution in [3.05, 3.63) is 89.2 Å². The van der Waals surface area contributed by atoms with E-state index in [9.17, 15) is 27.6 Å². The predicted octanol–water partition coefficient (Wildman–Crippen LogP) is 4.24. The Labute approximate surface area is 304 Å². The molecule has 278 valence electrons. The van der Waals surface area contributed by atoms with Crippen molar-refractivity contribution in [1.29, 1.82) is 0 Å². The molecule has 3 atom stereocenters.